The van der Waals surface area contributed by atoms with Gasteiger partial charge in [0.15, 0.2) is 0 Å². The highest BCUT2D eigenvalue weighted by Gasteiger charge is 2.64. The molecule has 48 heavy (non-hydrogen) atoms. The first-order chi connectivity index (χ1) is 22.5. The predicted octanol–water partition coefficient (Wildman–Crippen LogP) is 6.13. The van der Waals surface area contributed by atoms with Crippen molar-refractivity contribution >= 4 is 17.7 Å². The molecule has 6 N–H and O–H groups in total. The van der Waals surface area contributed by atoms with E-state index in [2.05, 4.69) is 20.4 Å². The number of aromatic hydroxyl groups is 2. The molecule has 1 aromatic rings. The molecule has 0 bridgehead atoms. The van der Waals surface area contributed by atoms with Crippen LogP contribution in [0.3, 0.4) is 0 Å². The molecular formula is C39H57NO8. The number of phenols is 2. The van der Waals surface area contributed by atoms with Gasteiger partial charge in [-0.1, -0.05) is 25.5 Å². The summed E-state index contributed by atoms with van der Waals surface area (Å²) in [7, 11) is 0. The molecule has 0 aromatic heterocycles. The van der Waals surface area contributed by atoms with Crippen LogP contribution in [0.4, 0.5) is 0 Å². The minimum absolute atomic E-state index is 0.0376. The third-order valence-corrected chi connectivity index (χ3v) is 13.4. The summed E-state index contributed by atoms with van der Waals surface area (Å²) in [5, 5.41) is 43.5. The molecule has 10 atom stereocenters. The highest BCUT2D eigenvalue weighted by molar-refractivity contribution is 5.99. The van der Waals surface area contributed by atoms with Crippen LogP contribution in [0.2, 0.25) is 0 Å². The highest BCUT2D eigenvalue weighted by Crippen LogP contribution is 2.69. The number of aliphatic hydroxyl groups is 2. The topological polar surface area (TPSA) is 167 Å². The van der Waals surface area contributed by atoms with Gasteiger partial charge < -0.3 is 30.9 Å². The zero-order valence-corrected chi connectivity index (χ0v) is 29.3. The molecule has 1 amide bonds. The molecule has 0 aliphatic heterocycles. The van der Waals surface area contributed by atoms with Crippen molar-refractivity contribution in [1.82, 2.24) is 0 Å². The molecule has 266 valence electrons. The largest absolute Gasteiger partial charge is 0.507 e. The molecule has 5 rings (SSSR count). The number of hydrogen-bond donors (Lipinski definition) is 5. The van der Waals surface area contributed by atoms with E-state index in [1.54, 1.807) is 0 Å². The Balaban J connectivity index is 1.16. The van der Waals surface area contributed by atoms with E-state index in [9.17, 15) is 34.8 Å². The van der Waals surface area contributed by atoms with Crippen molar-refractivity contribution in [3.63, 3.8) is 0 Å². The van der Waals surface area contributed by atoms with Crippen LogP contribution >= 0.6 is 0 Å². The van der Waals surface area contributed by atoms with Gasteiger partial charge in [0, 0.05) is 18.4 Å². The Morgan fingerprint density at radius 1 is 0.979 bits per heavy atom. The van der Waals surface area contributed by atoms with E-state index in [0.717, 1.165) is 69.8 Å². The standard InChI is InChI=1S/C39H57NO8/c1-22(2)7-6-16-39(5,47)32-12-10-27-26-21-31(43)29-20-25(14-17-37(29,3)28(26)15-18-38(27,32)4)48-33(44)13-9-24(41)19-23-8-11-30(42)34(35(23)45)36(40)46/h8,11,25-29,31-32,42-43,45,47H,1,6-7,9-10,12-21H2,2-5H3,(H2,40,46)/t25-,26?,27?,28?,29+,31-,32?,37+,38-,39-/m0/s1. The Labute approximate surface area is 285 Å². The van der Waals surface area contributed by atoms with E-state index < -0.39 is 40.6 Å². The SMILES string of the molecule is C=C(C)CCC[C@](C)(O)C1CCC2C3C[C@H](O)[C@H]4C[C@@H](OC(=O)CCC(=O)Cc5ccc(O)c(C(N)=O)c5O)CC[C@]4(C)C3CC[C@@]21C. The number of carbonyl (C=O) groups excluding carboxylic acids is 3. The number of rotatable bonds is 12. The van der Waals surface area contributed by atoms with Gasteiger partial charge in [-0.3, -0.25) is 14.4 Å². The van der Waals surface area contributed by atoms with Crippen molar-refractivity contribution < 1.29 is 39.5 Å². The molecule has 4 unspecified atom stereocenters. The first-order valence-electron chi connectivity index (χ1n) is 18.1. The predicted molar refractivity (Wildman–Crippen MR) is 182 cm³/mol. The number of nitrogens with two attached hydrogens (primary N) is 1. The van der Waals surface area contributed by atoms with Crippen molar-refractivity contribution in [2.75, 3.05) is 0 Å². The third-order valence-electron chi connectivity index (χ3n) is 13.4. The average molecular weight is 668 g/mol. The number of Topliss-reactive ketones (excluding diaryl/α,β-unsaturated/α-hetero) is 1. The van der Waals surface area contributed by atoms with Crippen LogP contribution in [0.1, 0.15) is 127 Å². The fourth-order valence-corrected chi connectivity index (χ4v) is 11.1. The second-order valence-corrected chi connectivity index (χ2v) is 16.6. The third kappa shape index (κ3) is 6.91. The van der Waals surface area contributed by atoms with Crippen LogP contribution < -0.4 is 5.73 Å². The minimum atomic E-state index is -1.01. The molecular weight excluding hydrogens is 610 g/mol. The van der Waals surface area contributed by atoms with Crippen LogP contribution in [0.15, 0.2) is 24.3 Å². The van der Waals surface area contributed by atoms with E-state index in [1.807, 2.05) is 13.8 Å². The number of fused-ring (bicyclic) bond motifs is 5. The minimum Gasteiger partial charge on any atom is -0.507 e. The zero-order valence-electron chi connectivity index (χ0n) is 29.3. The fraction of sp³-hybridized carbons (Fsp3) is 0.718. The van der Waals surface area contributed by atoms with E-state index in [4.69, 9.17) is 10.5 Å². The lowest BCUT2D eigenvalue weighted by molar-refractivity contribution is -0.187. The van der Waals surface area contributed by atoms with Crippen LogP contribution in [0, 0.1) is 40.4 Å². The Morgan fingerprint density at radius 3 is 2.35 bits per heavy atom. The number of allylic oxidation sites excluding steroid dienone is 1. The molecule has 0 spiro atoms. The summed E-state index contributed by atoms with van der Waals surface area (Å²) in [6.07, 6.45) is 8.79. The van der Waals surface area contributed by atoms with Gasteiger partial charge in [0.25, 0.3) is 5.91 Å². The van der Waals surface area contributed by atoms with Crippen LogP contribution in [-0.4, -0.2) is 55.9 Å². The zero-order chi connectivity index (χ0) is 35.2. The number of ketones is 1. The molecule has 4 aliphatic carbocycles. The number of hydrogen-bond acceptors (Lipinski definition) is 8. The fourth-order valence-electron chi connectivity index (χ4n) is 11.1. The Kier molecular flexibility index (Phi) is 10.4. The maximum Gasteiger partial charge on any atom is 0.306 e. The van der Waals surface area contributed by atoms with Crippen LogP contribution in [0.5, 0.6) is 11.5 Å². The number of ether oxygens (including phenoxy) is 1. The normalized spacial score (nSPS) is 35.4. The summed E-state index contributed by atoms with van der Waals surface area (Å²) < 4.78 is 5.87. The highest BCUT2D eigenvalue weighted by atomic mass is 16.5. The van der Waals surface area contributed by atoms with Gasteiger partial charge in [0.2, 0.25) is 0 Å². The first-order valence-corrected chi connectivity index (χ1v) is 18.1. The van der Waals surface area contributed by atoms with Gasteiger partial charge in [-0.05, 0) is 131 Å². The summed E-state index contributed by atoms with van der Waals surface area (Å²) in [5.41, 5.74) is 5.41. The quantitative estimate of drug-likeness (QED) is 0.131. The summed E-state index contributed by atoms with van der Waals surface area (Å²) in [5.74, 6) is -1.09. The van der Waals surface area contributed by atoms with Gasteiger partial charge in [-0.2, -0.15) is 0 Å². The summed E-state index contributed by atoms with van der Waals surface area (Å²) in [6.45, 7) is 12.9. The molecule has 0 heterocycles. The van der Waals surface area contributed by atoms with Crippen molar-refractivity contribution in [3.8, 4) is 11.5 Å². The maximum absolute atomic E-state index is 12.8. The van der Waals surface area contributed by atoms with Crippen LogP contribution in [-0.2, 0) is 20.7 Å². The van der Waals surface area contributed by atoms with E-state index in [0.29, 0.717) is 24.2 Å². The number of primary amides is 1. The van der Waals surface area contributed by atoms with E-state index in [1.165, 1.54) is 12.1 Å². The lowest BCUT2D eigenvalue weighted by Crippen LogP contribution is -2.59. The molecule has 9 heteroatoms. The second-order valence-electron chi connectivity index (χ2n) is 16.6. The molecule has 0 saturated heterocycles. The van der Waals surface area contributed by atoms with Crippen molar-refractivity contribution in [2.45, 2.75) is 135 Å². The van der Waals surface area contributed by atoms with Gasteiger partial charge in [0.1, 0.15) is 28.9 Å². The first kappa shape index (κ1) is 36.4. The lowest BCUT2D eigenvalue weighted by Gasteiger charge is -2.62. The van der Waals surface area contributed by atoms with Gasteiger partial charge in [-0.25, -0.2) is 0 Å². The molecule has 1 aromatic carbocycles. The summed E-state index contributed by atoms with van der Waals surface area (Å²) >= 11 is 0. The van der Waals surface area contributed by atoms with Crippen LogP contribution in [0.25, 0.3) is 0 Å². The Hall–Kier alpha value is -2.91. The number of esters is 1. The van der Waals surface area contributed by atoms with Gasteiger partial charge in [0.05, 0.1) is 18.1 Å². The van der Waals surface area contributed by atoms with E-state index >= 15 is 0 Å². The summed E-state index contributed by atoms with van der Waals surface area (Å²) in [4.78, 5) is 37.0. The van der Waals surface area contributed by atoms with Gasteiger partial charge in [-0.15, -0.1) is 6.58 Å². The van der Waals surface area contributed by atoms with Gasteiger partial charge >= 0.3 is 5.97 Å². The molecule has 4 fully saturated rings. The Morgan fingerprint density at radius 2 is 1.67 bits per heavy atom. The molecule has 0 radical (unpaired) electrons. The maximum atomic E-state index is 12.8. The molecule has 4 aliphatic rings. The lowest BCUT2D eigenvalue weighted by atomic mass is 9.43. The number of benzene rings is 1. The van der Waals surface area contributed by atoms with Crippen molar-refractivity contribution in [2.24, 2.45) is 46.2 Å². The smallest absolute Gasteiger partial charge is 0.306 e. The summed E-state index contributed by atoms with van der Waals surface area (Å²) in [6, 6.07) is 2.55. The van der Waals surface area contributed by atoms with E-state index in [-0.39, 0.29) is 59.4 Å². The number of aliphatic hydroxyl groups excluding tert-OH is 1. The molecule has 9 nitrogen and oxygen atoms in total. The Bertz CT molecular complexity index is 1420. The molecule has 4 saturated carbocycles. The monoisotopic (exact) mass is 667 g/mol. The van der Waals surface area contributed by atoms with Crippen molar-refractivity contribution in [1.29, 1.82) is 0 Å². The number of amides is 1. The number of carbonyl (C=O) groups is 3. The second kappa shape index (κ2) is 13.8. The van der Waals surface area contributed by atoms with Crippen molar-refractivity contribution in [3.05, 3.63) is 35.4 Å². The average Bonchev–Trinajstić information content (AvgIpc) is 3.36.